The van der Waals surface area contributed by atoms with E-state index in [0.717, 1.165) is 28.9 Å². The van der Waals surface area contributed by atoms with E-state index in [9.17, 15) is 14.9 Å². The Labute approximate surface area is 181 Å². The van der Waals surface area contributed by atoms with Gasteiger partial charge in [-0.2, -0.15) is 0 Å². The van der Waals surface area contributed by atoms with Crippen LogP contribution in [0.1, 0.15) is 46.4 Å². The molecule has 158 valence electrons. The van der Waals surface area contributed by atoms with E-state index < -0.39 is 4.92 Å². The van der Waals surface area contributed by atoms with Crippen molar-refractivity contribution in [2.24, 2.45) is 0 Å². The summed E-state index contributed by atoms with van der Waals surface area (Å²) in [7, 11) is 0. The first kappa shape index (κ1) is 20.6. The van der Waals surface area contributed by atoms with Crippen LogP contribution in [-0.2, 0) is 0 Å². The Morgan fingerprint density at radius 2 is 1.68 bits per heavy atom. The molecule has 1 aliphatic rings. The third-order valence-electron chi connectivity index (χ3n) is 5.92. The molecule has 0 saturated carbocycles. The van der Waals surface area contributed by atoms with Crippen LogP contribution < -0.4 is 10.2 Å². The van der Waals surface area contributed by atoms with Gasteiger partial charge in [-0.3, -0.25) is 14.9 Å². The number of hydrogen-bond donors (Lipinski definition) is 1. The normalized spacial score (nSPS) is 17.7. The fourth-order valence-electron chi connectivity index (χ4n) is 4.31. The van der Waals surface area contributed by atoms with Crippen molar-refractivity contribution in [3.8, 4) is 0 Å². The SMILES string of the molecule is Cc1ccccc1N[C@@H]1C[C@@H](C)N(C(=O)c2ccc([N+](=O)[O-])cc2)c2c(C)cccc21. The number of nitrogens with zero attached hydrogens (tertiary/aromatic N) is 2. The highest BCUT2D eigenvalue weighted by Crippen LogP contribution is 2.42. The molecule has 3 aromatic rings. The summed E-state index contributed by atoms with van der Waals surface area (Å²) in [4.78, 5) is 25.8. The molecular weight excluding hydrogens is 390 g/mol. The first-order valence-electron chi connectivity index (χ1n) is 10.4. The number of nitro benzene ring substituents is 1. The molecule has 0 unspecified atom stereocenters. The number of para-hydroxylation sites is 2. The van der Waals surface area contributed by atoms with Crippen LogP contribution in [0.25, 0.3) is 0 Å². The molecule has 6 nitrogen and oxygen atoms in total. The maximum absolute atomic E-state index is 13.5. The molecule has 3 aromatic carbocycles. The molecular formula is C25H25N3O3. The van der Waals surface area contributed by atoms with Gasteiger partial charge in [-0.05, 0) is 62.1 Å². The average molecular weight is 415 g/mol. The van der Waals surface area contributed by atoms with Crippen molar-refractivity contribution in [3.05, 3.63) is 99.1 Å². The molecule has 0 aliphatic carbocycles. The van der Waals surface area contributed by atoms with E-state index >= 15 is 0 Å². The van der Waals surface area contributed by atoms with Crippen molar-refractivity contribution in [1.29, 1.82) is 0 Å². The molecule has 1 aliphatic heterocycles. The molecule has 4 rings (SSSR count). The maximum atomic E-state index is 13.5. The van der Waals surface area contributed by atoms with E-state index in [1.54, 1.807) is 0 Å². The summed E-state index contributed by atoms with van der Waals surface area (Å²) in [5.74, 6) is -0.146. The van der Waals surface area contributed by atoms with Gasteiger partial charge < -0.3 is 10.2 Å². The summed E-state index contributed by atoms with van der Waals surface area (Å²) < 4.78 is 0. The average Bonchev–Trinajstić information content (AvgIpc) is 2.75. The number of nitro groups is 1. The lowest BCUT2D eigenvalue weighted by atomic mass is 9.88. The van der Waals surface area contributed by atoms with Crippen molar-refractivity contribution in [1.82, 2.24) is 0 Å². The van der Waals surface area contributed by atoms with Gasteiger partial charge in [0.25, 0.3) is 11.6 Å². The fraction of sp³-hybridized carbons (Fsp3) is 0.240. The number of amides is 1. The Hall–Kier alpha value is -3.67. The topological polar surface area (TPSA) is 75.5 Å². The quantitative estimate of drug-likeness (QED) is 0.431. The summed E-state index contributed by atoms with van der Waals surface area (Å²) in [6.07, 6.45) is 0.753. The second-order valence-corrected chi connectivity index (χ2v) is 8.09. The van der Waals surface area contributed by atoms with Gasteiger partial charge in [-0.15, -0.1) is 0 Å². The highest BCUT2D eigenvalue weighted by molar-refractivity contribution is 6.07. The van der Waals surface area contributed by atoms with Gasteiger partial charge in [0.1, 0.15) is 0 Å². The molecule has 31 heavy (non-hydrogen) atoms. The highest BCUT2D eigenvalue weighted by atomic mass is 16.6. The maximum Gasteiger partial charge on any atom is 0.269 e. The molecule has 0 saturated heterocycles. The first-order valence-corrected chi connectivity index (χ1v) is 10.4. The van der Waals surface area contributed by atoms with Gasteiger partial charge in [0.2, 0.25) is 0 Å². The van der Waals surface area contributed by atoms with Crippen LogP contribution in [0.5, 0.6) is 0 Å². The van der Waals surface area contributed by atoms with Crippen molar-refractivity contribution in [2.45, 2.75) is 39.3 Å². The van der Waals surface area contributed by atoms with Crippen molar-refractivity contribution < 1.29 is 9.72 Å². The monoisotopic (exact) mass is 415 g/mol. The standard InChI is InChI=1S/C25H25N3O3/c1-16-7-4-5-10-22(16)26-23-15-18(3)27(24-17(2)8-6-9-21(23)24)25(29)19-11-13-20(14-12-19)28(30)31/h4-14,18,23,26H,15H2,1-3H3/t18-,23-/m1/s1. The molecule has 0 aromatic heterocycles. The third kappa shape index (κ3) is 3.89. The zero-order chi connectivity index (χ0) is 22.1. The molecule has 1 amide bonds. The lowest BCUT2D eigenvalue weighted by Gasteiger charge is -2.41. The van der Waals surface area contributed by atoms with Crippen LogP contribution in [0, 0.1) is 24.0 Å². The molecule has 1 heterocycles. The Bertz CT molecular complexity index is 1140. The van der Waals surface area contributed by atoms with Crippen molar-refractivity contribution in [3.63, 3.8) is 0 Å². The van der Waals surface area contributed by atoms with E-state index in [1.807, 2.05) is 43.0 Å². The van der Waals surface area contributed by atoms with Crippen LogP contribution in [0.2, 0.25) is 0 Å². The Kier molecular flexibility index (Phi) is 5.46. The number of nitrogens with one attached hydrogen (secondary N) is 1. The number of hydrogen-bond acceptors (Lipinski definition) is 4. The number of carbonyl (C=O) groups excluding carboxylic acids is 1. The number of rotatable bonds is 4. The van der Waals surface area contributed by atoms with Crippen LogP contribution >= 0.6 is 0 Å². The molecule has 0 fully saturated rings. The lowest BCUT2D eigenvalue weighted by molar-refractivity contribution is -0.384. The fourth-order valence-corrected chi connectivity index (χ4v) is 4.31. The molecule has 6 heteroatoms. The summed E-state index contributed by atoms with van der Waals surface area (Å²) in [6.45, 7) is 6.14. The van der Waals surface area contributed by atoms with Gasteiger partial charge in [-0.1, -0.05) is 36.4 Å². The van der Waals surface area contributed by atoms with E-state index in [1.165, 1.54) is 29.8 Å². The Balaban J connectivity index is 1.72. The van der Waals surface area contributed by atoms with Gasteiger partial charge in [0, 0.05) is 29.4 Å². The van der Waals surface area contributed by atoms with Crippen LogP contribution in [0.4, 0.5) is 17.1 Å². The molecule has 0 spiro atoms. The van der Waals surface area contributed by atoms with Crippen LogP contribution in [-0.4, -0.2) is 16.9 Å². The van der Waals surface area contributed by atoms with E-state index in [0.29, 0.717) is 5.56 Å². The summed E-state index contributed by atoms with van der Waals surface area (Å²) in [6, 6.07) is 20.1. The second-order valence-electron chi connectivity index (χ2n) is 8.09. The smallest absolute Gasteiger partial charge is 0.269 e. The second kappa shape index (κ2) is 8.22. The van der Waals surface area contributed by atoms with Gasteiger partial charge >= 0.3 is 0 Å². The number of aryl methyl sites for hydroxylation is 2. The first-order chi connectivity index (χ1) is 14.9. The number of non-ortho nitro benzene ring substituents is 1. The Morgan fingerprint density at radius 3 is 2.35 bits per heavy atom. The van der Waals surface area contributed by atoms with E-state index in [2.05, 4.69) is 30.4 Å². The van der Waals surface area contributed by atoms with Crippen LogP contribution in [0.3, 0.4) is 0 Å². The summed E-state index contributed by atoms with van der Waals surface area (Å²) in [5.41, 5.74) is 5.69. The number of benzene rings is 3. The zero-order valence-corrected chi connectivity index (χ0v) is 17.8. The van der Waals surface area contributed by atoms with E-state index in [4.69, 9.17) is 0 Å². The summed E-state index contributed by atoms with van der Waals surface area (Å²) in [5, 5.41) is 14.6. The van der Waals surface area contributed by atoms with Gasteiger partial charge in [-0.25, -0.2) is 0 Å². The molecule has 0 bridgehead atoms. The summed E-state index contributed by atoms with van der Waals surface area (Å²) >= 11 is 0. The minimum absolute atomic E-state index is 0.0256. The number of carbonyl (C=O) groups is 1. The number of fused-ring (bicyclic) bond motifs is 1. The van der Waals surface area contributed by atoms with E-state index in [-0.39, 0.29) is 23.7 Å². The highest BCUT2D eigenvalue weighted by Gasteiger charge is 2.35. The van der Waals surface area contributed by atoms with Crippen LogP contribution in [0.15, 0.2) is 66.7 Å². The molecule has 1 N–H and O–H groups in total. The van der Waals surface area contributed by atoms with Crippen molar-refractivity contribution in [2.75, 3.05) is 10.2 Å². The largest absolute Gasteiger partial charge is 0.378 e. The zero-order valence-electron chi connectivity index (χ0n) is 17.8. The predicted octanol–water partition coefficient (Wildman–Crippen LogP) is 5.80. The number of anilines is 2. The van der Waals surface area contributed by atoms with Gasteiger partial charge in [0.15, 0.2) is 0 Å². The van der Waals surface area contributed by atoms with Gasteiger partial charge in [0.05, 0.1) is 16.7 Å². The molecule has 2 atom stereocenters. The minimum atomic E-state index is -0.459. The minimum Gasteiger partial charge on any atom is -0.378 e. The lowest BCUT2D eigenvalue weighted by Crippen LogP contribution is -2.44. The predicted molar refractivity (Wildman–Crippen MR) is 123 cm³/mol. The van der Waals surface area contributed by atoms with Crippen molar-refractivity contribution >= 4 is 23.0 Å². The third-order valence-corrected chi connectivity index (χ3v) is 5.92. The molecule has 0 radical (unpaired) electrons. The Morgan fingerprint density at radius 1 is 1.00 bits per heavy atom.